The standard InChI is InChI=1S/C10H15NOS/c1-8(9-2-3-9)6-10(12)11-4-5-13-7-11/h6,9H,2-5,7H2,1H3/b8-6+. The van der Waals surface area contributed by atoms with E-state index in [9.17, 15) is 4.79 Å². The molecule has 1 heterocycles. The first-order valence-electron chi connectivity index (χ1n) is 4.82. The molecule has 0 aromatic rings. The largest absolute Gasteiger partial charge is 0.329 e. The lowest BCUT2D eigenvalue weighted by atomic mass is 10.2. The van der Waals surface area contributed by atoms with Crippen LogP contribution in [0.25, 0.3) is 0 Å². The maximum atomic E-state index is 11.6. The third-order valence-corrected chi connectivity index (χ3v) is 3.60. The Hall–Kier alpha value is -0.440. The molecule has 0 unspecified atom stereocenters. The van der Waals surface area contributed by atoms with E-state index in [2.05, 4.69) is 6.92 Å². The number of carbonyl (C=O) groups is 1. The van der Waals surface area contributed by atoms with E-state index < -0.39 is 0 Å². The van der Waals surface area contributed by atoms with Gasteiger partial charge in [0.25, 0.3) is 0 Å². The molecule has 3 heteroatoms. The van der Waals surface area contributed by atoms with Gasteiger partial charge in [-0.1, -0.05) is 5.57 Å². The van der Waals surface area contributed by atoms with Crippen LogP contribution >= 0.6 is 11.8 Å². The summed E-state index contributed by atoms with van der Waals surface area (Å²) >= 11 is 1.84. The van der Waals surface area contributed by atoms with Crippen molar-refractivity contribution in [3.63, 3.8) is 0 Å². The Morgan fingerprint density at radius 2 is 2.31 bits per heavy atom. The summed E-state index contributed by atoms with van der Waals surface area (Å²) in [4.78, 5) is 13.6. The van der Waals surface area contributed by atoms with Crippen molar-refractivity contribution in [2.45, 2.75) is 19.8 Å². The second-order valence-electron chi connectivity index (χ2n) is 3.80. The molecule has 2 fully saturated rings. The lowest BCUT2D eigenvalue weighted by Crippen LogP contribution is -2.26. The maximum Gasteiger partial charge on any atom is 0.247 e. The van der Waals surface area contributed by atoms with Crippen LogP contribution < -0.4 is 0 Å². The molecule has 0 bridgehead atoms. The number of amides is 1. The summed E-state index contributed by atoms with van der Waals surface area (Å²) in [6.07, 6.45) is 4.40. The van der Waals surface area contributed by atoms with Gasteiger partial charge in [0.1, 0.15) is 0 Å². The number of allylic oxidation sites excluding steroid dienone is 1. The minimum Gasteiger partial charge on any atom is -0.329 e. The van der Waals surface area contributed by atoms with Crippen molar-refractivity contribution in [1.29, 1.82) is 0 Å². The fraction of sp³-hybridized carbons (Fsp3) is 0.700. The lowest BCUT2D eigenvalue weighted by Gasteiger charge is -2.11. The van der Waals surface area contributed by atoms with Crippen molar-refractivity contribution < 1.29 is 4.79 Å². The molecule has 1 saturated heterocycles. The van der Waals surface area contributed by atoms with E-state index in [1.54, 1.807) is 0 Å². The fourth-order valence-electron chi connectivity index (χ4n) is 1.53. The van der Waals surface area contributed by atoms with Crippen LogP contribution in [-0.2, 0) is 4.79 Å². The van der Waals surface area contributed by atoms with E-state index >= 15 is 0 Å². The van der Waals surface area contributed by atoms with Gasteiger partial charge in [-0.2, -0.15) is 0 Å². The van der Waals surface area contributed by atoms with Gasteiger partial charge in [-0.15, -0.1) is 11.8 Å². The minimum atomic E-state index is 0.217. The molecule has 1 amide bonds. The van der Waals surface area contributed by atoms with Crippen LogP contribution in [0.2, 0.25) is 0 Å². The van der Waals surface area contributed by atoms with Gasteiger partial charge < -0.3 is 4.90 Å². The summed E-state index contributed by atoms with van der Waals surface area (Å²) in [5.74, 6) is 2.92. The molecule has 1 aliphatic heterocycles. The predicted octanol–water partition coefficient (Wildman–Crippen LogP) is 1.88. The van der Waals surface area contributed by atoms with Crippen LogP contribution in [0.3, 0.4) is 0 Å². The minimum absolute atomic E-state index is 0.217. The van der Waals surface area contributed by atoms with Gasteiger partial charge in [-0.3, -0.25) is 4.79 Å². The van der Waals surface area contributed by atoms with E-state index in [4.69, 9.17) is 0 Å². The second-order valence-corrected chi connectivity index (χ2v) is 4.88. The van der Waals surface area contributed by atoms with Gasteiger partial charge >= 0.3 is 0 Å². The third-order valence-electron chi connectivity index (χ3n) is 2.64. The molecule has 2 aliphatic rings. The zero-order valence-electron chi connectivity index (χ0n) is 7.95. The predicted molar refractivity (Wildman–Crippen MR) is 55.5 cm³/mol. The number of thioether (sulfide) groups is 1. The quantitative estimate of drug-likeness (QED) is 0.630. The highest BCUT2D eigenvalue weighted by molar-refractivity contribution is 7.99. The molecule has 0 radical (unpaired) electrons. The molecular weight excluding hydrogens is 182 g/mol. The first-order chi connectivity index (χ1) is 6.27. The molecule has 2 nitrogen and oxygen atoms in total. The van der Waals surface area contributed by atoms with Crippen molar-refractivity contribution in [3.05, 3.63) is 11.6 Å². The van der Waals surface area contributed by atoms with Gasteiger partial charge in [0.2, 0.25) is 5.91 Å². The molecule has 0 aromatic heterocycles. The van der Waals surface area contributed by atoms with Crippen molar-refractivity contribution in [1.82, 2.24) is 4.90 Å². The summed E-state index contributed by atoms with van der Waals surface area (Å²) in [6.45, 7) is 3.01. The van der Waals surface area contributed by atoms with Crippen LogP contribution in [0.5, 0.6) is 0 Å². The Morgan fingerprint density at radius 1 is 1.54 bits per heavy atom. The van der Waals surface area contributed by atoms with Crippen LogP contribution in [0.15, 0.2) is 11.6 Å². The van der Waals surface area contributed by atoms with Crippen LogP contribution in [-0.4, -0.2) is 29.0 Å². The van der Waals surface area contributed by atoms with E-state index in [0.717, 1.165) is 24.1 Å². The Bertz CT molecular complexity index is 239. The highest BCUT2D eigenvalue weighted by Crippen LogP contribution is 2.36. The average molecular weight is 197 g/mol. The van der Waals surface area contributed by atoms with Gasteiger partial charge in [-0.25, -0.2) is 0 Å². The number of rotatable bonds is 2. The summed E-state index contributed by atoms with van der Waals surface area (Å²) in [5, 5.41) is 0. The molecule has 0 aromatic carbocycles. The first-order valence-corrected chi connectivity index (χ1v) is 5.97. The smallest absolute Gasteiger partial charge is 0.247 e. The van der Waals surface area contributed by atoms with Crippen molar-refractivity contribution >= 4 is 17.7 Å². The molecule has 0 spiro atoms. The number of hydrogen-bond donors (Lipinski definition) is 0. The lowest BCUT2D eigenvalue weighted by molar-refractivity contribution is -0.124. The van der Waals surface area contributed by atoms with Crippen molar-refractivity contribution in [2.24, 2.45) is 5.92 Å². The average Bonchev–Trinajstić information content (AvgIpc) is 2.81. The second kappa shape index (κ2) is 3.74. The number of nitrogens with zero attached hydrogens (tertiary/aromatic N) is 1. The van der Waals surface area contributed by atoms with Crippen molar-refractivity contribution in [2.75, 3.05) is 18.2 Å². The number of hydrogen-bond acceptors (Lipinski definition) is 2. The Labute approximate surface area is 83.4 Å². The van der Waals surface area contributed by atoms with Gasteiger partial charge in [0, 0.05) is 18.4 Å². The molecule has 13 heavy (non-hydrogen) atoms. The summed E-state index contributed by atoms with van der Waals surface area (Å²) in [7, 11) is 0. The fourth-order valence-corrected chi connectivity index (χ4v) is 2.49. The zero-order chi connectivity index (χ0) is 9.26. The van der Waals surface area contributed by atoms with E-state index in [0.29, 0.717) is 0 Å². The van der Waals surface area contributed by atoms with Crippen molar-refractivity contribution in [3.8, 4) is 0 Å². The Kier molecular flexibility index (Phi) is 2.63. The van der Waals surface area contributed by atoms with Crippen LogP contribution in [0.4, 0.5) is 0 Å². The van der Waals surface area contributed by atoms with E-state index in [-0.39, 0.29) is 5.91 Å². The molecule has 72 valence electrons. The van der Waals surface area contributed by atoms with Crippen LogP contribution in [0, 0.1) is 5.92 Å². The van der Waals surface area contributed by atoms with E-state index in [1.165, 1.54) is 18.4 Å². The highest BCUT2D eigenvalue weighted by Gasteiger charge is 2.24. The van der Waals surface area contributed by atoms with Gasteiger partial charge in [-0.05, 0) is 25.7 Å². The molecule has 2 rings (SSSR count). The molecule has 0 atom stereocenters. The highest BCUT2D eigenvalue weighted by atomic mass is 32.2. The first kappa shape index (κ1) is 9.13. The Balaban J connectivity index is 1.92. The third kappa shape index (κ3) is 2.27. The summed E-state index contributed by atoms with van der Waals surface area (Å²) in [5.41, 5.74) is 1.28. The number of carbonyl (C=O) groups excluding carboxylic acids is 1. The summed E-state index contributed by atoms with van der Waals surface area (Å²) < 4.78 is 0. The van der Waals surface area contributed by atoms with Crippen LogP contribution in [0.1, 0.15) is 19.8 Å². The zero-order valence-corrected chi connectivity index (χ0v) is 8.77. The molecule has 1 saturated carbocycles. The maximum absolute atomic E-state index is 11.6. The monoisotopic (exact) mass is 197 g/mol. The van der Waals surface area contributed by atoms with E-state index in [1.807, 2.05) is 22.7 Å². The molecule has 0 N–H and O–H groups in total. The summed E-state index contributed by atoms with van der Waals surface area (Å²) in [6, 6.07) is 0. The molecule has 1 aliphatic carbocycles. The molecular formula is C10H15NOS. The van der Waals surface area contributed by atoms with Gasteiger partial charge in [0.15, 0.2) is 0 Å². The Morgan fingerprint density at radius 3 is 2.85 bits per heavy atom. The van der Waals surface area contributed by atoms with Gasteiger partial charge in [0.05, 0.1) is 5.88 Å². The normalized spacial score (nSPS) is 23.8. The SMILES string of the molecule is C/C(=C\C(=O)N1CCSC1)C1CC1. The topological polar surface area (TPSA) is 20.3 Å².